The lowest BCUT2D eigenvalue weighted by Gasteiger charge is -2.23. The van der Waals surface area contributed by atoms with Gasteiger partial charge < -0.3 is 14.5 Å². The monoisotopic (exact) mass is 380 g/mol. The number of nitrogens with zero attached hydrogens (tertiary/aromatic N) is 1. The van der Waals surface area contributed by atoms with Crippen LogP contribution in [0.25, 0.3) is 22.2 Å². The van der Waals surface area contributed by atoms with Gasteiger partial charge in [-0.3, -0.25) is 9.69 Å². The maximum Gasteiger partial charge on any atom is 0.194 e. The molecule has 3 aromatic rings. The zero-order valence-corrected chi connectivity index (χ0v) is 16.8. The average molecular weight is 380 g/mol. The van der Waals surface area contributed by atoms with Crippen LogP contribution >= 0.6 is 0 Å². The summed E-state index contributed by atoms with van der Waals surface area (Å²) in [5, 5.41) is 0.730. The summed E-state index contributed by atoms with van der Waals surface area (Å²) in [6.45, 7) is 5.23. The highest BCUT2D eigenvalue weighted by Gasteiger charge is 2.17. The van der Waals surface area contributed by atoms with Crippen LogP contribution in [-0.4, -0.2) is 50.4 Å². The summed E-state index contributed by atoms with van der Waals surface area (Å²) < 4.78 is 10.5. The van der Waals surface area contributed by atoms with Gasteiger partial charge >= 0.3 is 0 Å². The number of benzene rings is 2. The third-order valence-corrected chi connectivity index (χ3v) is 4.92. The largest absolute Gasteiger partial charge is 0.383 e. The molecule has 1 aromatic heterocycles. The minimum Gasteiger partial charge on any atom is -0.383 e. The van der Waals surface area contributed by atoms with E-state index >= 15 is 0 Å². The van der Waals surface area contributed by atoms with Crippen molar-refractivity contribution in [1.82, 2.24) is 9.88 Å². The number of hydrogen-bond acceptors (Lipinski definition) is 4. The summed E-state index contributed by atoms with van der Waals surface area (Å²) in [7, 11) is 3.38. The number of hydrogen-bond donors (Lipinski definition) is 1. The molecule has 0 atom stereocenters. The Morgan fingerprint density at radius 1 is 0.964 bits per heavy atom. The minimum absolute atomic E-state index is 0.0798. The molecule has 0 unspecified atom stereocenters. The van der Waals surface area contributed by atoms with Crippen molar-refractivity contribution >= 4 is 10.9 Å². The number of nitrogens with one attached hydrogen (secondary N) is 1. The smallest absolute Gasteiger partial charge is 0.194 e. The number of aromatic nitrogens is 1. The van der Waals surface area contributed by atoms with Crippen LogP contribution in [0.2, 0.25) is 0 Å². The molecule has 5 nitrogen and oxygen atoms in total. The first-order valence-electron chi connectivity index (χ1n) is 9.55. The maximum absolute atomic E-state index is 13.4. The van der Waals surface area contributed by atoms with Crippen LogP contribution in [0.4, 0.5) is 0 Å². The fourth-order valence-corrected chi connectivity index (χ4v) is 3.38. The fourth-order valence-electron chi connectivity index (χ4n) is 3.38. The highest BCUT2D eigenvalue weighted by Crippen LogP contribution is 2.24. The van der Waals surface area contributed by atoms with Gasteiger partial charge in [0.2, 0.25) is 0 Å². The first-order chi connectivity index (χ1) is 13.6. The van der Waals surface area contributed by atoms with E-state index in [9.17, 15) is 4.79 Å². The van der Waals surface area contributed by atoms with E-state index in [1.807, 2.05) is 55.5 Å². The molecular formula is C23H28N2O3. The topological polar surface area (TPSA) is 54.6 Å². The molecule has 5 heteroatoms. The summed E-state index contributed by atoms with van der Waals surface area (Å²) in [4.78, 5) is 19.2. The lowest BCUT2D eigenvalue weighted by Crippen LogP contribution is -2.32. The lowest BCUT2D eigenvalue weighted by molar-refractivity contribution is 0.110. The van der Waals surface area contributed by atoms with Crippen molar-refractivity contribution in [2.75, 3.05) is 40.5 Å². The number of aromatic amines is 1. The van der Waals surface area contributed by atoms with Crippen molar-refractivity contribution in [3.8, 4) is 11.3 Å². The summed E-state index contributed by atoms with van der Waals surface area (Å²) in [6, 6.07) is 16.0. The second kappa shape index (κ2) is 9.64. The van der Waals surface area contributed by atoms with Crippen molar-refractivity contribution in [3.63, 3.8) is 0 Å². The number of methoxy groups -OCH3 is 2. The van der Waals surface area contributed by atoms with Crippen LogP contribution in [0.1, 0.15) is 11.1 Å². The van der Waals surface area contributed by atoms with Crippen molar-refractivity contribution in [2.45, 2.75) is 13.5 Å². The molecule has 0 amide bonds. The minimum atomic E-state index is 0.0798. The summed E-state index contributed by atoms with van der Waals surface area (Å²) in [5.41, 5.74) is 4.68. The predicted octanol–water partition coefficient (Wildman–Crippen LogP) is 3.60. The first kappa shape index (κ1) is 20.3. The van der Waals surface area contributed by atoms with Gasteiger partial charge in [-0.15, -0.1) is 0 Å². The molecule has 0 aliphatic carbocycles. The number of ether oxygens (including phenoxy) is 2. The predicted molar refractivity (Wildman–Crippen MR) is 114 cm³/mol. The molecule has 0 bridgehead atoms. The van der Waals surface area contributed by atoms with Gasteiger partial charge in [0.1, 0.15) is 0 Å². The molecule has 0 saturated carbocycles. The molecule has 0 aliphatic rings. The van der Waals surface area contributed by atoms with Crippen molar-refractivity contribution in [1.29, 1.82) is 0 Å². The third-order valence-electron chi connectivity index (χ3n) is 4.92. The van der Waals surface area contributed by atoms with Gasteiger partial charge in [0.15, 0.2) is 5.43 Å². The zero-order chi connectivity index (χ0) is 19.9. The fraction of sp³-hybridized carbons (Fsp3) is 0.348. The Labute approximate surface area is 165 Å². The number of fused-ring (bicyclic) bond motifs is 1. The average Bonchev–Trinajstić information content (AvgIpc) is 2.72. The molecule has 0 saturated heterocycles. The summed E-state index contributed by atoms with van der Waals surface area (Å²) in [5.74, 6) is 0. The maximum atomic E-state index is 13.4. The Morgan fingerprint density at radius 2 is 1.64 bits per heavy atom. The van der Waals surface area contributed by atoms with Crippen LogP contribution in [0.3, 0.4) is 0 Å². The third kappa shape index (κ3) is 4.68. The molecule has 2 aromatic carbocycles. The molecule has 0 aliphatic heterocycles. The highest BCUT2D eigenvalue weighted by atomic mass is 16.5. The van der Waals surface area contributed by atoms with E-state index < -0.39 is 0 Å². The highest BCUT2D eigenvalue weighted by molar-refractivity contribution is 5.83. The van der Waals surface area contributed by atoms with E-state index in [0.717, 1.165) is 46.4 Å². The van der Waals surface area contributed by atoms with Crippen molar-refractivity contribution < 1.29 is 9.47 Å². The standard InChI is InChI=1S/C23H28N2O3/c1-17-9-10-21-19(15-17)23(26)20(16-25(11-13-27-2)12-14-28-3)22(24-21)18-7-5-4-6-8-18/h4-10,15H,11-14,16H2,1-3H3,(H,24,26). The normalized spacial score (nSPS) is 11.4. The van der Waals surface area contributed by atoms with E-state index in [0.29, 0.717) is 19.8 Å². The van der Waals surface area contributed by atoms with Crippen LogP contribution in [-0.2, 0) is 16.0 Å². The molecule has 0 spiro atoms. The summed E-state index contributed by atoms with van der Waals surface area (Å²) in [6.07, 6.45) is 0. The van der Waals surface area contributed by atoms with E-state index in [4.69, 9.17) is 9.47 Å². The van der Waals surface area contributed by atoms with Crippen LogP contribution in [0.15, 0.2) is 53.3 Å². The van der Waals surface area contributed by atoms with Crippen molar-refractivity contribution in [2.24, 2.45) is 0 Å². The van der Waals surface area contributed by atoms with Gasteiger partial charge in [0.25, 0.3) is 0 Å². The number of pyridine rings is 1. The Bertz CT molecular complexity index is 959. The van der Waals surface area contributed by atoms with E-state index in [-0.39, 0.29) is 5.43 Å². The Morgan fingerprint density at radius 3 is 2.29 bits per heavy atom. The second-order valence-electron chi connectivity index (χ2n) is 6.98. The molecule has 3 rings (SSSR count). The Hall–Kier alpha value is -2.47. The second-order valence-corrected chi connectivity index (χ2v) is 6.98. The Balaban J connectivity index is 2.11. The van der Waals surface area contributed by atoms with E-state index in [1.54, 1.807) is 14.2 Å². The van der Waals surface area contributed by atoms with Crippen LogP contribution < -0.4 is 5.43 Å². The van der Waals surface area contributed by atoms with E-state index in [2.05, 4.69) is 9.88 Å². The molecule has 1 heterocycles. The van der Waals surface area contributed by atoms with Gasteiger partial charge in [-0.25, -0.2) is 0 Å². The van der Waals surface area contributed by atoms with E-state index in [1.165, 1.54) is 0 Å². The number of rotatable bonds is 9. The summed E-state index contributed by atoms with van der Waals surface area (Å²) >= 11 is 0. The molecular weight excluding hydrogens is 352 g/mol. The zero-order valence-electron chi connectivity index (χ0n) is 16.8. The molecule has 148 valence electrons. The SMILES string of the molecule is COCCN(CCOC)Cc1c(-c2ccccc2)[nH]c2ccc(C)cc2c1=O. The molecule has 0 fully saturated rings. The van der Waals surface area contributed by atoms with Crippen LogP contribution in [0, 0.1) is 6.92 Å². The number of H-pyrrole nitrogens is 1. The number of aryl methyl sites for hydroxylation is 1. The Kier molecular flexibility index (Phi) is 6.98. The quantitative estimate of drug-likeness (QED) is 0.616. The van der Waals surface area contributed by atoms with Gasteiger partial charge in [-0.05, 0) is 24.6 Å². The van der Waals surface area contributed by atoms with Gasteiger partial charge in [0.05, 0.1) is 18.9 Å². The molecule has 28 heavy (non-hydrogen) atoms. The van der Waals surface area contributed by atoms with Crippen LogP contribution in [0.5, 0.6) is 0 Å². The van der Waals surface area contributed by atoms with Gasteiger partial charge in [-0.2, -0.15) is 0 Å². The molecule has 1 N–H and O–H groups in total. The van der Waals surface area contributed by atoms with Crippen molar-refractivity contribution in [3.05, 3.63) is 69.9 Å². The lowest BCUT2D eigenvalue weighted by atomic mass is 10.0. The van der Waals surface area contributed by atoms with Gasteiger partial charge in [0, 0.05) is 50.3 Å². The van der Waals surface area contributed by atoms with Gasteiger partial charge in [-0.1, -0.05) is 42.0 Å². The molecule has 0 radical (unpaired) electrons. The first-order valence-corrected chi connectivity index (χ1v) is 9.55.